The minimum atomic E-state index is -4.34. The minimum Gasteiger partial charge on any atom is -0.441 e. The Morgan fingerprint density at radius 2 is 1.87 bits per heavy atom. The Kier molecular flexibility index (Phi) is 7.58. The molecule has 4 heterocycles. The Hall–Kier alpha value is -3.18. The van der Waals surface area contributed by atoms with Gasteiger partial charge in [0.2, 0.25) is 0 Å². The summed E-state index contributed by atoms with van der Waals surface area (Å²) < 4.78 is 49.7. The van der Waals surface area contributed by atoms with Crippen molar-refractivity contribution >= 4 is 12.0 Å². The summed E-state index contributed by atoms with van der Waals surface area (Å²) in [5, 5.41) is 2.87. The van der Waals surface area contributed by atoms with E-state index in [0.717, 1.165) is 37.1 Å². The van der Waals surface area contributed by atoms with Gasteiger partial charge in [0.1, 0.15) is 5.60 Å². The van der Waals surface area contributed by atoms with Crippen molar-refractivity contribution in [2.45, 2.75) is 56.7 Å². The molecule has 3 aliphatic rings. The molecule has 3 fully saturated rings. The van der Waals surface area contributed by atoms with Crippen molar-refractivity contribution in [2.24, 2.45) is 0 Å². The highest BCUT2D eigenvalue weighted by Crippen LogP contribution is 2.35. The standard InChI is InChI=1S/C27H31F3N4O4/c28-27(29,30)21-6-3-19(4-7-21)16-33-11-9-26(10-12-33)18-34(25(36)38-26)17-22-8-5-20(14-31-22)24(35)32-15-23-2-1-13-37-23/h3-8,14,23H,1-2,9-13,15-18H2,(H,32,35). The molecule has 1 aromatic carbocycles. The van der Waals surface area contributed by atoms with E-state index in [1.807, 2.05) is 0 Å². The van der Waals surface area contributed by atoms with Gasteiger partial charge in [0.15, 0.2) is 0 Å². The molecule has 2 amide bonds. The van der Waals surface area contributed by atoms with Crippen LogP contribution in [-0.4, -0.2) is 71.3 Å². The average Bonchev–Trinajstić information content (AvgIpc) is 3.52. The van der Waals surface area contributed by atoms with Crippen molar-refractivity contribution in [3.63, 3.8) is 0 Å². The zero-order chi connectivity index (χ0) is 26.8. The smallest absolute Gasteiger partial charge is 0.416 e. The molecule has 1 atom stereocenters. The van der Waals surface area contributed by atoms with Gasteiger partial charge in [-0.15, -0.1) is 0 Å². The lowest BCUT2D eigenvalue weighted by Crippen LogP contribution is -2.46. The summed E-state index contributed by atoms with van der Waals surface area (Å²) in [6.07, 6.45) is 0.0974. The molecule has 0 radical (unpaired) electrons. The van der Waals surface area contributed by atoms with Crippen LogP contribution in [0.25, 0.3) is 0 Å². The van der Waals surface area contributed by atoms with Gasteiger partial charge < -0.3 is 14.8 Å². The number of carbonyl (C=O) groups excluding carboxylic acids is 2. The summed E-state index contributed by atoms with van der Waals surface area (Å²) in [6, 6.07) is 8.68. The molecule has 8 nitrogen and oxygen atoms in total. The number of aromatic nitrogens is 1. The van der Waals surface area contributed by atoms with Crippen LogP contribution in [0.5, 0.6) is 0 Å². The number of benzene rings is 1. The van der Waals surface area contributed by atoms with Crippen LogP contribution in [0.2, 0.25) is 0 Å². The molecule has 5 rings (SSSR count). The van der Waals surface area contributed by atoms with Crippen molar-refractivity contribution in [1.82, 2.24) is 20.1 Å². The summed E-state index contributed by atoms with van der Waals surface area (Å²) in [5.41, 5.74) is 0.699. The second-order valence-corrected chi connectivity index (χ2v) is 10.3. The van der Waals surface area contributed by atoms with Crippen molar-refractivity contribution in [3.8, 4) is 0 Å². The second kappa shape index (κ2) is 10.9. The van der Waals surface area contributed by atoms with Gasteiger partial charge in [0, 0.05) is 51.8 Å². The Labute approximate surface area is 219 Å². The number of rotatable bonds is 7. The number of carbonyl (C=O) groups is 2. The molecule has 1 unspecified atom stereocenters. The first kappa shape index (κ1) is 26.4. The Morgan fingerprint density at radius 1 is 1.11 bits per heavy atom. The van der Waals surface area contributed by atoms with Crippen LogP contribution < -0.4 is 5.32 Å². The molecule has 204 valence electrons. The Morgan fingerprint density at radius 3 is 2.50 bits per heavy atom. The van der Waals surface area contributed by atoms with E-state index in [1.165, 1.54) is 18.3 Å². The Balaban J connectivity index is 1.09. The summed E-state index contributed by atoms with van der Waals surface area (Å²) in [6.45, 7) is 3.84. The number of hydrogen-bond acceptors (Lipinski definition) is 6. The number of piperidine rings is 1. The van der Waals surface area contributed by atoms with Gasteiger partial charge in [-0.1, -0.05) is 12.1 Å². The SMILES string of the molecule is O=C(NCC1CCCO1)c1ccc(CN2CC3(CCN(Cc4ccc(C(F)(F)F)cc4)CC3)OC2=O)nc1. The van der Waals surface area contributed by atoms with Crippen LogP contribution in [0.15, 0.2) is 42.6 Å². The maximum Gasteiger partial charge on any atom is 0.416 e. The normalized spacial score (nSPS) is 21.6. The molecular formula is C27H31F3N4O4. The summed E-state index contributed by atoms with van der Waals surface area (Å²) in [5.74, 6) is -0.206. The van der Waals surface area contributed by atoms with Crippen LogP contribution >= 0.6 is 0 Å². The molecule has 0 aliphatic carbocycles. The zero-order valence-electron chi connectivity index (χ0n) is 21.0. The molecule has 0 saturated carbocycles. The molecule has 1 N–H and O–H groups in total. The van der Waals surface area contributed by atoms with E-state index in [-0.39, 0.29) is 24.6 Å². The third-order valence-corrected chi connectivity index (χ3v) is 7.45. The van der Waals surface area contributed by atoms with Crippen molar-refractivity contribution in [1.29, 1.82) is 0 Å². The van der Waals surface area contributed by atoms with Crippen molar-refractivity contribution in [2.75, 3.05) is 32.8 Å². The van der Waals surface area contributed by atoms with Crippen LogP contribution in [0.1, 0.15) is 52.9 Å². The predicted molar refractivity (Wildman–Crippen MR) is 131 cm³/mol. The van der Waals surface area contributed by atoms with Crippen LogP contribution in [0, 0.1) is 0 Å². The van der Waals surface area contributed by atoms with Crippen molar-refractivity contribution in [3.05, 3.63) is 65.0 Å². The van der Waals surface area contributed by atoms with E-state index in [1.54, 1.807) is 17.0 Å². The van der Waals surface area contributed by atoms with Crippen LogP contribution in [0.4, 0.5) is 18.0 Å². The number of alkyl halides is 3. The van der Waals surface area contributed by atoms with Crippen molar-refractivity contribution < 1.29 is 32.2 Å². The van der Waals surface area contributed by atoms with Gasteiger partial charge in [-0.2, -0.15) is 13.2 Å². The lowest BCUT2D eigenvalue weighted by molar-refractivity contribution is -0.137. The van der Waals surface area contributed by atoms with Crippen LogP contribution in [0.3, 0.4) is 0 Å². The first-order valence-corrected chi connectivity index (χ1v) is 12.9. The molecule has 1 spiro atoms. The highest BCUT2D eigenvalue weighted by molar-refractivity contribution is 5.93. The number of pyridine rings is 1. The molecular weight excluding hydrogens is 501 g/mol. The third-order valence-electron chi connectivity index (χ3n) is 7.45. The number of halogens is 3. The van der Waals surface area contributed by atoms with E-state index in [4.69, 9.17) is 9.47 Å². The lowest BCUT2D eigenvalue weighted by atomic mass is 9.91. The van der Waals surface area contributed by atoms with Gasteiger partial charge in [-0.05, 0) is 42.7 Å². The number of ether oxygens (including phenoxy) is 2. The highest BCUT2D eigenvalue weighted by Gasteiger charge is 2.47. The molecule has 2 aromatic rings. The van der Waals surface area contributed by atoms with E-state index >= 15 is 0 Å². The topological polar surface area (TPSA) is 84.0 Å². The summed E-state index contributed by atoms with van der Waals surface area (Å²) >= 11 is 0. The second-order valence-electron chi connectivity index (χ2n) is 10.3. The number of hydrogen-bond donors (Lipinski definition) is 1. The molecule has 11 heteroatoms. The molecule has 3 aliphatic heterocycles. The largest absolute Gasteiger partial charge is 0.441 e. The fraction of sp³-hybridized carbons (Fsp3) is 0.519. The fourth-order valence-corrected chi connectivity index (χ4v) is 5.21. The van der Waals surface area contributed by atoms with Gasteiger partial charge in [0.05, 0.1) is 36.0 Å². The molecule has 38 heavy (non-hydrogen) atoms. The number of nitrogens with zero attached hydrogens (tertiary/aromatic N) is 3. The predicted octanol–water partition coefficient (Wildman–Crippen LogP) is 4.00. The van der Waals surface area contributed by atoms with Gasteiger partial charge >= 0.3 is 12.3 Å². The lowest BCUT2D eigenvalue weighted by Gasteiger charge is -2.37. The maximum atomic E-state index is 12.8. The summed E-state index contributed by atoms with van der Waals surface area (Å²) in [7, 11) is 0. The van der Waals surface area contributed by atoms with Gasteiger partial charge in [0.25, 0.3) is 5.91 Å². The fourth-order valence-electron chi connectivity index (χ4n) is 5.21. The average molecular weight is 533 g/mol. The number of nitrogens with one attached hydrogen (secondary N) is 1. The quantitative estimate of drug-likeness (QED) is 0.581. The first-order chi connectivity index (χ1) is 18.2. The number of likely N-dealkylation sites (tertiary alicyclic amines) is 1. The van der Waals surface area contributed by atoms with E-state index < -0.39 is 17.3 Å². The first-order valence-electron chi connectivity index (χ1n) is 12.9. The monoisotopic (exact) mass is 532 g/mol. The Bertz CT molecular complexity index is 1130. The maximum absolute atomic E-state index is 12.8. The molecule has 0 bridgehead atoms. The van der Waals surface area contributed by atoms with E-state index in [9.17, 15) is 22.8 Å². The van der Waals surface area contributed by atoms with Gasteiger partial charge in [-0.3, -0.25) is 19.6 Å². The molecule has 3 saturated heterocycles. The van der Waals surface area contributed by atoms with E-state index in [2.05, 4.69) is 15.2 Å². The molecule has 1 aromatic heterocycles. The minimum absolute atomic E-state index is 0.0661. The third kappa shape index (κ3) is 6.27. The van der Waals surface area contributed by atoms with Crippen LogP contribution in [-0.2, 0) is 28.7 Å². The summed E-state index contributed by atoms with van der Waals surface area (Å²) in [4.78, 5) is 33.1. The highest BCUT2D eigenvalue weighted by atomic mass is 19.4. The zero-order valence-corrected chi connectivity index (χ0v) is 21.0. The van der Waals surface area contributed by atoms with Gasteiger partial charge in [-0.25, -0.2) is 4.79 Å². The number of amides is 2. The van der Waals surface area contributed by atoms with E-state index in [0.29, 0.717) is 56.8 Å².